The lowest BCUT2D eigenvalue weighted by molar-refractivity contribution is -0.385. The number of ether oxygens (including phenoxy) is 2. The SMILES string of the molecule is COc1cc(NC(=O)COc2ncnc3scc(-c4ccc(F)cc4)c23)c(C)cc1[N+](=O)[O-]. The maximum absolute atomic E-state index is 13.3. The van der Waals surface area contributed by atoms with E-state index in [1.807, 2.05) is 5.38 Å². The van der Waals surface area contributed by atoms with Crippen molar-refractivity contribution < 1.29 is 23.6 Å². The van der Waals surface area contributed by atoms with Gasteiger partial charge in [0.15, 0.2) is 12.4 Å². The molecule has 0 fully saturated rings. The number of benzene rings is 2. The van der Waals surface area contributed by atoms with Gasteiger partial charge < -0.3 is 14.8 Å². The average Bonchev–Trinajstić information content (AvgIpc) is 3.24. The van der Waals surface area contributed by atoms with Gasteiger partial charge in [0, 0.05) is 28.8 Å². The number of aromatic nitrogens is 2. The average molecular weight is 468 g/mol. The van der Waals surface area contributed by atoms with Crippen LogP contribution in [0.25, 0.3) is 21.3 Å². The highest BCUT2D eigenvalue weighted by Crippen LogP contribution is 2.37. The molecular weight excluding hydrogens is 451 g/mol. The summed E-state index contributed by atoms with van der Waals surface area (Å²) in [6, 6.07) is 8.72. The van der Waals surface area contributed by atoms with E-state index in [0.29, 0.717) is 21.5 Å². The Morgan fingerprint density at radius 2 is 2.00 bits per heavy atom. The molecule has 0 atom stereocenters. The third kappa shape index (κ3) is 4.58. The number of anilines is 1. The molecule has 33 heavy (non-hydrogen) atoms. The third-order valence-corrected chi connectivity index (χ3v) is 5.71. The van der Waals surface area contributed by atoms with Gasteiger partial charge in [0.1, 0.15) is 17.0 Å². The summed E-state index contributed by atoms with van der Waals surface area (Å²) in [4.78, 5) is 32.2. The maximum atomic E-state index is 13.3. The first kappa shape index (κ1) is 22.1. The Kier molecular flexibility index (Phi) is 6.13. The summed E-state index contributed by atoms with van der Waals surface area (Å²) in [6.45, 7) is 1.28. The van der Waals surface area contributed by atoms with Crippen LogP contribution in [0.4, 0.5) is 15.8 Å². The minimum Gasteiger partial charge on any atom is -0.490 e. The van der Waals surface area contributed by atoms with Gasteiger partial charge in [0.25, 0.3) is 5.91 Å². The van der Waals surface area contributed by atoms with E-state index >= 15 is 0 Å². The van der Waals surface area contributed by atoms with Gasteiger partial charge in [-0.2, -0.15) is 0 Å². The highest BCUT2D eigenvalue weighted by atomic mass is 32.1. The number of nitrogens with zero attached hydrogens (tertiary/aromatic N) is 3. The number of carbonyl (C=O) groups is 1. The Hall–Kier alpha value is -4.12. The lowest BCUT2D eigenvalue weighted by Gasteiger charge is -2.12. The molecule has 0 aliphatic heterocycles. The van der Waals surface area contributed by atoms with Crippen molar-refractivity contribution >= 4 is 38.8 Å². The second-order valence-electron chi connectivity index (χ2n) is 6.95. The fourth-order valence-electron chi connectivity index (χ4n) is 3.23. The van der Waals surface area contributed by atoms with Crippen LogP contribution in [0.2, 0.25) is 0 Å². The number of aryl methyl sites for hydroxylation is 1. The topological polar surface area (TPSA) is 116 Å². The molecule has 168 valence electrons. The highest BCUT2D eigenvalue weighted by molar-refractivity contribution is 7.17. The molecule has 4 rings (SSSR count). The molecule has 2 aromatic carbocycles. The van der Waals surface area contributed by atoms with Crippen molar-refractivity contribution in [3.8, 4) is 22.8 Å². The van der Waals surface area contributed by atoms with Crippen molar-refractivity contribution in [2.45, 2.75) is 6.92 Å². The molecule has 0 spiro atoms. The van der Waals surface area contributed by atoms with E-state index in [1.165, 1.54) is 49.0 Å². The molecule has 11 heteroatoms. The van der Waals surface area contributed by atoms with Crippen LogP contribution in [0.3, 0.4) is 0 Å². The van der Waals surface area contributed by atoms with Gasteiger partial charge in [-0.3, -0.25) is 14.9 Å². The number of amides is 1. The summed E-state index contributed by atoms with van der Waals surface area (Å²) in [5.74, 6) is -0.588. The highest BCUT2D eigenvalue weighted by Gasteiger charge is 2.19. The number of nitrogens with one attached hydrogen (secondary N) is 1. The number of thiophene rings is 1. The number of nitro benzene ring substituents is 1. The molecule has 4 aromatic rings. The molecule has 1 amide bonds. The molecule has 9 nitrogen and oxygen atoms in total. The van der Waals surface area contributed by atoms with Crippen LogP contribution in [-0.4, -0.2) is 34.5 Å². The molecule has 0 unspecified atom stereocenters. The zero-order chi connectivity index (χ0) is 23.5. The smallest absolute Gasteiger partial charge is 0.311 e. The van der Waals surface area contributed by atoms with Crippen LogP contribution in [-0.2, 0) is 4.79 Å². The molecule has 2 aromatic heterocycles. The molecule has 0 saturated carbocycles. The van der Waals surface area contributed by atoms with E-state index in [2.05, 4.69) is 15.3 Å². The number of hydrogen-bond donors (Lipinski definition) is 1. The first-order valence-electron chi connectivity index (χ1n) is 9.61. The van der Waals surface area contributed by atoms with Crippen molar-refractivity contribution in [3.63, 3.8) is 0 Å². The normalized spacial score (nSPS) is 10.8. The lowest BCUT2D eigenvalue weighted by Crippen LogP contribution is -2.21. The Morgan fingerprint density at radius 3 is 2.70 bits per heavy atom. The monoisotopic (exact) mass is 468 g/mol. The first-order valence-corrected chi connectivity index (χ1v) is 10.5. The zero-order valence-corrected chi connectivity index (χ0v) is 18.3. The molecule has 0 bridgehead atoms. The Balaban J connectivity index is 1.55. The number of halogens is 1. The molecular formula is C22H17FN4O5S. The molecule has 0 aliphatic carbocycles. The summed E-state index contributed by atoms with van der Waals surface area (Å²) in [5.41, 5.74) is 2.19. The van der Waals surface area contributed by atoms with Crippen LogP contribution in [0.15, 0.2) is 48.1 Å². The van der Waals surface area contributed by atoms with Gasteiger partial charge in [-0.05, 0) is 30.2 Å². The zero-order valence-electron chi connectivity index (χ0n) is 17.5. The third-order valence-electron chi connectivity index (χ3n) is 4.83. The lowest BCUT2D eigenvalue weighted by atomic mass is 10.1. The van der Waals surface area contributed by atoms with E-state index < -0.39 is 10.8 Å². The van der Waals surface area contributed by atoms with Gasteiger partial charge in [-0.15, -0.1) is 11.3 Å². The number of nitro groups is 1. The number of carbonyl (C=O) groups excluding carboxylic acids is 1. The molecule has 1 N–H and O–H groups in total. The van der Waals surface area contributed by atoms with Crippen LogP contribution in [0.1, 0.15) is 5.56 Å². The number of rotatable bonds is 7. The van der Waals surface area contributed by atoms with E-state index in [1.54, 1.807) is 19.1 Å². The minimum absolute atomic E-state index is 0.0292. The van der Waals surface area contributed by atoms with Crippen molar-refractivity contribution in [1.29, 1.82) is 0 Å². The van der Waals surface area contributed by atoms with E-state index in [4.69, 9.17) is 9.47 Å². The summed E-state index contributed by atoms with van der Waals surface area (Å²) in [7, 11) is 1.31. The van der Waals surface area contributed by atoms with E-state index in [9.17, 15) is 19.3 Å². The van der Waals surface area contributed by atoms with Crippen LogP contribution < -0.4 is 14.8 Å². The fraction of sp³-hybridized carbons (Fsp3) is 0.136. The summed E-state index contributed by atoms with van der Waals surface area (Å²) >= 11 is 1.38. The molecule has 2 heterocycles. The predicted octanol–water partition coefficient (Wildman–Crippen LogP) is 4.74. The van der Waals surface area contributed by atoms with Crippen molar-refractivity contribution in [3.05, 3.63) is 69.6 Å². The van der Waals surface area contributed by atoms with Crippen LogP contribution in [0.5, 0.6) is 11.6 Å². The maximum Gasteiger partial charge on any atom is 0.311 e. The number of methoxy groups -OCH3 is 1. The summed E-state index contributed by atoms with van der Waals surface area (Å²) < 4.78 is 24.1. The van der Waals surface area contributed by atoms with Crippen LogP contribution >= 0.6 is 11.3 Å². The second-order valence-corrected chi connectivity index (χ2v) is 7.81. The Bertz CT molecular complexity index is 1360. The second kappa shape index (κ2) is 9.17. The molecule has 0 saturated heterocycles. The Labute approximate surface area is 191 Å². The van der Waals surface area contributed by atoms with Gasteiger partial charge in [0.05, 0.1) is 17.4 Å². The number of hydrogen-bond acceptors (Lipinski definition) is 8. The molecule has 0 radical (unpaired) electrons. The number of fused-ring (bicyclic) bond motifs is 1. The van der Waals surface area contributed by atoms with Gasteiger partial charge in [-0.25, -0.2) is 14.4 Å². The van der Waals surface area contributed by atoms with Gasteiger partial charge >= 0.3 is 5.69 Å². The van der Waals surface area contributed by atoms with Crippen molar-refractivity contribution in [1.82, 2.24) is 9.97 Å². The quantitative estimate of drug-likeness (QED) is 0.308. The Morgan fingerprint density at radius 1 is 1.24 bits per heavy atom. The molecule has 0 aliphatic rings. The van der Waals surface area contributed by atoms with E-state index in [-0.39, 0.29) is 29.7 Å². The van der Waals surface area contributed by atoms with Crippen molar-refractivity contribution in [2.75, 3.05) is 19.0 Å². The largest absolute Gasteiger partial charge is 0.490 e. The first-order chi connectivity index (χ1) is 15.9. The standard InChI is InChI=1S/C22H17FN4O5S/c1-12-7-17(27(29)30)18(31-2)8-16(12)26-19(28)9-32-21-20-15(10-33-22(20)25-11-24-21)13-3-5-14(23)6-4-13/h3-8,10-11H,9H2,1-2H3,(H,26,28). The van der Waals surface area contributed by atoms with Gasteiger partial charge in [-0.1, -0.05) is 12.1 Å². The fourth-order valence-corrected chi connectivity index (χ4v) is 4.14. The van der Waals surface area contributed by atoms with Crippen LogP contribution in [0, 0.1) is 22.9 Å². The van der Waals surface area contributed by atoms with E-state index in [0.717, 1.165) is 11.1 Å². The van der Waals surface area contributed by atoms with Crippen molar-refractivity contribution in [2.24, 2.45) is 0 Å². The summed E-state index contributed by atoms with van der Waals surface area (Å²) in [6.07, 6.45) is 1.34. The summed E-state index contributed by atoms with van der Waals surface area (Å²) in [5, 5.41) is 16.3. The van der Waals surface area contributed by atoms with Gasteiger partial charge in [0.2, 0.25) is 5.88 Å². The predicted molar refractivity (Wildman–Crippen MR) is 121 cm³/mol. The minimum atomic E-state index is -0.555.